The van der Waals surface area contributed by atoms with Crippen LogP contribution in [0, 0.1) is 17.8 Å². The Morgan fingerprint density at radius 2 is 1.81 bits per heavy atom. The van der Waals surface area contributed by atoms with Gasteiger partial charge in [-0.05, 0) is 24.7 Å². The highest BCUT2D eigenvalue weighted by molar-refractivity contribution is 5.76. The fourth-order valence-electron chi connectivity index (χ4n) is 3.23. The Hall–Kier alpha value is -0.530. The molecule has 94 valence electrons. The fourth-order valence-corrected chi connectivity index (χ4v) is 3.23. The Labute approximate surface area is 100.0 Å². The van der Waals surface area contributed by atoms with E-state index in [0.29, 0.717) is 5.92 Å². The lowest BCUT2D eigenvalue weighted by Gasteiger charge is -2.29. The van der Waals surface area contributed by atoms with Gasteiger partial charge in [-0.25, -0.2) is 0 Å². The maximum Gasteiger partial charge on any atom is 0.220 e. The highest BCUT2D eigenvalue weighted by Gasteiger charge is 2.26. The van der Waals surface area contributed by atoms with E-state index in [2.05, 4.69) is 13.8 Å². The Morgan fingerprint density at radius 1 is 1.19 bits per heavy atom. The van der Waals surface area contributed by atoms with Gasteiger partial charge in [-0.15, -0.1) is 0 Å². The van der Waals surface area contributed by atoms with Crippen LogP contribution in [0.4, 0.5) is 0 Å². The third-order valence-corrected chi connectivity index (χ3v) is 4.26. The highest BCUT2D eigenvalue weighted by atomic mass is 16.1. The van der Waals surface area contributed by atoms with E-state index in [-0.39, 0.29) is 11.8 Å². The average molecular weight is 225 g/mol. The van der Waals surface area contributed by atoms with Crippen LogP contribution in [0.1, 0.15) is 65.2 Å². The van der Waals surface area contributed by atoms with E-state index < -0.39 is 0 Å². The van der Waals surface area contributed by atoms with Crippen molar-refractivity contribution in [3.05, 3.63) is 0 Å². The monoisotopic (exact) mass is 225 g/mol. The van der Waals surface area contributed by atoms with Gasteiger partial charge in [0.25, 0.3) is 0 Å². The molecule has 0 aromatic heterocycles. The van der Waals surface area contributed by atoms with E-state index in [1.807, 2.05) is 0 Å². The molecule has 0 heterocycles. The summed E-state index contributed by atoms with van der Waals surface area (Å²) in [5.74, 6) is 1.38. The third kappa shape index (κ3) is 3.80. The molecule has 1 amide bonds. The summed E-state index contributed by atoms with van der Waals surface area (Å²) in [4.78, 5) is 11.4. The lowest BCUT2D eigenvalue weighted by molar-refractivity contribution is -0.123. The quantitative estimate of drug-likeness (QED) is 0.738. The molecule has 0 spiro atoms. The van der Waals surface area contributed by atoms with Crippen molar-refractivity contribution in [2.24, 2.45) is 23.5 Å². The molecule has 0 bridgehead atoms. The largest absolute Gasteiger partial charge is 0.369 e. The SMILES string of the molecule is CCC(CC1CCCCC1)C(CC)C(N)=O. The summed E-state index contributed by atoms with van der Waals surface area (Å²) in [6.45, 7) is 4.28. The Morgan fingerprint density at radius 3 is 2.25 bits per heavy atom. The van der Waals surface area contributed by atoms with Gasteiger partial charge in [-0.2, -0.15) is 0 Å². The van der Waals surface area contributed by atoms with Crippen molar-refractivity contribution in [3.8, 4) is 0 Å². The second kappa shape index (κ2) is 6.93. The first-order valence-electron chi connectivity index (χ1n) is 6.98. The maximum absolute atomic E-state index is 11.4. The minimum atomic E-state index is -0.0924. The van der Waals surface area contributed by atoms with E-state index in [1.165, 1.54) is 38.5 Å². The third-order valence-electron chi connectivity index (χ3n) is 4.26. The number of rotatable bonds is 6. The predicted molar refractivity (Wildman–Crippen MR) is 67.9 cm³/mol. The van der Waals surface area contributed by atoms with Crippen LogP contribution in [-0.4, -0.2) is 5.91 Å². The molecule has 1 fully saturated rings. The minimum Gasteiger partial charge on any atom is -0.369 e. The average Bonchev–Trinajstić information content (AvgIpc) is 2.29. The smallest absolute Gasteiger partial charge is 0.220 e. The first-order valence-corrected chi connectivity index (χ1v) is 6.98. The second-order valence-corrected chi connectivity index (χ2v) is 5.33. The standard InChI is InChI=1S/C14H27NO/c1-3-12(13(4-2)14(15)16)10-11-8-6-5-7-9-11/h11-13H,3-10H2,1-2H3,(H2,15,16). The first kappa shape index (κ1) is 13.5. The number of hydrogen-bond donors (Lipinski definition) is 1. The van der Waals surface area contributed by atoms with Gasteiger partial charge >= 0.3 is 0 Å². The van der Waals surface area contributed by atoms with E-state index in [9.17, 15) is 4.79 Å². The van der Waals surface area contributed by atoms with Gasteiger partial charge in [0.1, 0.15) is 0 Å². The molecule has 2 nitrogen and oxygen atoms in total. The zero-order valence-electron chi connectivity index (χ0n) is 10.9. The Kier molecular flexibility index (Phi) is 5.86. The van der Waals surface area contributed by atoms with Gasteiger partial charge in [-0.1, -0.05) is 52.4 Å². The lowest BCUT2D eigenvalue weighted by atomic mass is 9.76. The molecule has 2 atom stereocenters. The topological polar surface area (TPSA) is 43.1 Å². The molecule has 2 unspecified atom stereocenters. The van der Waals surface area contributed by atoms with Crippen LogP contribution in [0.2, 0.25) is 0 Å². The molecule has 0 aromatic rings. The van der Waals surface area contributed by atoms with Crippen molar-refractivity contribution >= 4 is 5.91 Å². The van der Waals surface area contributed by atoms with Gasteiger partial charge in [0.15, 0.2) is 0 Å². The molecular formula is C14H27NO. The molecule has 1 aliphatic rings. The summed E-state index contributed by atoms with van der Waals surface area (Å²) < 4.78 is 0. The van der Waals surface area contributed by atoms with Gasteiger partial charge in [0.2, 0.25) is 5.91 Å². The van der Waals surface area contributed by atoms with Crippen molar-refractivity contribution < 1.29 is 4.79 Å². The molecule has 2 heteroatoms. The molecule has 0 radical (unpaired) electrons. The summed E-state index contributed by atoms with van der Waals surface area (Å²) in [7, 11) is 0. The number of hydrogen-bond acceptors (Lipinski definition) is 1. The maximum atomic E-state index is 11.4. The van der Waals surface area contributed by atoms with E-state index >= 15 is 0 Å². The summed E-state index contributed by atoms with van der Waals surface area (Å²) in [6.07, 6.45) is 10.1. The zero-order chi connectivity index (χ0) is 12.0. The molecule has 0 aromatic carbocycles. The van der Waals surface area contributed by atoms with Crippen LogP contribution in [0.25, 0.3) is 0 Å². The molecular weight excluding hydrogens is 198 g/mol. The number of carbonyl (C=O) groups is 1. The summed E-state index contributed by atoms with van der Waals surface area (Å²) in [5, 5.41) is 0. The first-order chi connectivity index (χ1) is 7.69. The van der Waals surface area contributed by atoms with Gasteiger partial charge in [0.05, 0.1) is 0 Å². The van der Waals surface area contributed by atoms with Gasteiger partial charge in [0, 0.05) is 5.92 Å². The Bertz CT molecular complexity index is 209. The summed E-state index contributed by atoms with van der Waals surface area (Å²) in [6, 6.07) is 0. The highest BCUT2D eigenvalue weighted by Crippen LogP contribution is 2.33. The van der Waals surface area contributed by atoms with E-state index in [1.54, 1.807) is 0 Å². The van der Waals surface area contributed by atoms with Crippen molar-refractivity contribution in [1.29, 1.82) is 0 Å². The number of carbonyl (C=O) groups excluding carboxylic acids is 1. The van der Waals surface area contributed by atoms with Crippen LogP contribution in [0.15, 0.2) is 0 Å². The number of amides is 1. The van der Waals surface area contributed by atoms with Crippen LogP contribution in [0.5, 0.6) is 0 Å². The van der Waals surface area contributed by atoms with Crippen LogP contribution in [0.3, 0.4) is 0 Å². The minimum absolute atomic E-state index is 0.0924. The van der Waals surface area contributed by atoms with E-state index in [0.717, 1.165) is 18.8 Å². The zero-order valence-corrected chi connectivity index (χ0v) is 10.9. The molecule has 0 saturated heterocycles. The molecule has 1 saturated carbocycles. The summed E-state index contributed by atoms with van der Waals surface area (Å²) >= 11 is 0. The Balaban J connectivity index is 2.48. The van der Waals surface area contributed by atoms with Crippen LogP contribution >= 0.6 is 0 Å². The van der Waals surface area contributed by atoms with Crippen molar-refractivity contribution in [1.82, 2.24) is 0 Å². The normalized spacial score (nSPS) is 21.6. The van der Waals surface area contributed by atoms with Crippen molar-refractivity contribution in [2.75, 3.05) is 0 Å². The molecule has 1 rings (SSSR count). The number of primary amides is 1. The fraction of sp³-hybridized carbons (Fsp3) is 0.929. The van der Waals surface area contributed by atoms with Gasteiger partial charge in [-0.3, -0.25) is 4.79 Å². The van der Waals surface area contributed by atoms with E-state index in [4.69, 9.17) is 5.73 Å². The van der Waals surface area contributed by atoms with Crippen molar-refractivity contribution in [2.45, 2.75) is 65.2 Å². The summed E-state index contributed by atoms with van der Waals surface area (Å²) in [5.41, 5.74) is 5.49. The molecule has 16 heavy (non-hydrogen) atoms. The molecule has 2 N–H and O–H groups in total. The molecule has 0 aliphatic heterocycles. The lowest BCUT2D eigenvalue weighted by Crippen LogP contribution is -2.30. The van der Waals surface area contributed by atoms with Crippen molar-refractivity contribution in [3.63, 3.8) is 0 Å². The molecule has 1 aliphatic carbocycles. The van der Waals surface area contributed by atoms with Crippen LogP contribution < -0.4 is 5.73 Å². The second-order valence-electron chi connectivity index (χ2n) is 5.33. The van der Waals surface area contributed by atoms with Gasteiger partial charge < -0.3 is 5.73 Å². The predicted octanol–water partition coefficient (Wildman–Crippen LogP) is 3.49. The van der Waals surface area contributed by atoms with Crippen LogP contribution in [-0.2, 0) is 4.79 Å². The number of nitrogens with two attached hydrogens (primary N) is 1.